The zero-order chi connectivity index (χ0) is 21.5. The van der Waals surface area contributed by atoms with Gasteiger partial charge in [-0.05, 0) is 46.2 Å². The maximum Gasteiger partial charge on any atom is 0.407 e. The Morgan fingerprint density at radius 3 is 2.29 bits per heavy atom. The van der Waals surface area contributed by atoms with E-state index >= 15 is 0 Å². The first-order chi connectivity index (χ1) is 15.3. The van der Waals surface area contributed by atoms with Gasteiger partial charge in [-0.2, -0.15) is 0 Å². The van der Waals surface area contributed by atoms with Crippen LogP contribution in [0.5, 0.6) is 0 Å². The molecule has 4 heteroatoms. The number of alkyl carbamates (subject to hydrolysis) is 1. The lowest BCUT2D eigenvalue weighted by molar-refractivity contribution is 0.143. The van der Waals surface area contributed by atoms with Gasteiger partial charge in [0.1, 0.15) is 6.61 Å². The highest BCUT2D eigenvalue weighted by Gasteiger charge is 2.28. The van der Waals surface area contributed by atoms with Crippen LogP contribution in [0.1, 0.15) is 34.6 Å². The van der Waals surface area contributed by atoms with Crippen molar-refractivity contribution in [2.45, 2.75) is 18.8 Å². The average Bonchev–Trinajstić information content (AvgIpc) is 3.12. The molecule has 1 aliphatic rings. The van der Waals surface area contributed by atoms with Gasteiger partial charge in [0.05, 0.1) is 0 Å². The Bertz CT molecular complexity index is 1030. The Labute approximate surface area is 183 Å². The van der Waals surface area contributed by atoms with Crippen molar-refractivity contribution in [1.29, 1.82) is 0 Å². The van der Waals surface area contributed by atoms with Crippen LogP contribution in [0.3, 0.4) is 0 Å². The van der Waals surface area contributed by atoms with E-state index in [4.69, 9.17) is 9.84 Å². The first kappa shape index (κ1) is 20.9. The summed E-state index contributed by atoms with van der Waals surface area (Å²) in [5.74, 6) is 0.0704. The van der Waals surface area contributed by atoms with Crippen molar-refractivity contribution in [3.05, 3.63) is 101 Å². The molecule has 0 unspecified atom stereocenters. The first-order valence-corrected chi connectivity index (χ1v) is 10.7. The molecule has 4 rings (SSSR count). The molecule has 0 heterocycles. The second-order valence-corrected chi connectivity index (χ2v) is 7.62. The third-order valence-corrected chi connectivity index (χ3v) is 5.66. The highest BCUT2D eigenvalue weighted by Crippen LogP contribution is 2.44. The van der Waals surface area contributed by atoms with E-state index in [9.17, 15) is 4.79 Å². The number of nitrogens with one attached hydrogen (secondary N) is 1. The highest BCUT2D eigenvalue weighted by atomic mass is 16.5. The van der Waals surface area contributed by atoms with Gasteiger partial charge in [0.25, 0.3) is 0 Å². The zero-order valence-electron chi connectivity index (χ0n) is 17.5. The fourth-order valence-corrected chi connectivity index (χ4v) is 4.16. The molecule has 0 bridgehead atoms. The summed E-state index contributed by atoms with van der Waals surface area (Å²) < 4.78 is 5.55. The van der Waals surface area contributed by atoms with Crippen LogP contribution in [-0.4, -0.2) is 31.0 Å². The molecule has 4 nitrogen and oxygen atoms in total. The van der Waals surface area contributed by atoms with Gasteiger partial charge in [-0.3, -0.25) is 0 Å². The Morgan fingerprint density at radius 1 is 0.935 bits per heavy atom. The molecule has 1 amide bonds. The third kappa shape index (κ3) is 4.86. The molecule has 0 aliphatic heterocycles. The van der Waals surface area contributed by atoms with Crippen molar-refractivity contribution < 1.29 is 14.6 Å². The number of rotatable bonds is 8. The van der Waals surface area contributed by atoms with Crippen LogP contribution in [0.2, 0.25) is 0 Å². The van der Waals surface area contributed by atoms with Crippen molar-refractivity contribution in [1.82, 2.24) is 5.32 Å². The first-order valence-electron chi connectivity index (χ1n) is 10.7. The third-order valence-electron chi connectivity index (χ3n) is 5.66. The maximum atomic E-state index is 12.2. The molecule has 1 aliphatic carbocycles. The van der Waals surface area contributed by atoms with Gasteiger partial charge in [-0.15, -0.1) is 0 Å². The minimum absolute atomic E-state index is 0.0704. The van der Waals surface area contributed by atoms with Crippen molar-refractivity contribution in [2.24, 2.45) is 0 Å². The monoisotopic (exact) mass is 413 g/mol. The molecule has 2 N–H and O–H groups in total. The highest BCUT2D eigenvalue weighted by molar-refractivity contribution is 5.79. The Hall–Kier alpha value is -3.37. The van der Waals surface area contributed by atoms with Gasteiger partial charge in [-0.25, -0.2) is 4.79 Å². The summed E-state index contributed by atoms with van der Waals surface area (Å²) in [7, 11) is 0. The number of benzene rings is 3. The molecule has 3 aromatic rings. The standard InChI is InChI=1S/C27H27NO3/c29-18-16-21-10-2-1-9-20(21)11-7-8-17-28-27(30)31-19-26-24-14-5-3-12-22(24)23-13-4-6-15-25(23)26/h1-7,9-15,26,29H,8,16-19H2,(H,28,30). The lowest BCUT2D eigenvalue weighted by Crippen LogP contribution is -2.26. The van der Waals surface area contributed by atoms with E-state index in [1.807, 2.05) is 60.7 Å². The summed E-state index contributed by atoms with van der Waals surface area (Å²) in [5.41, 5.74) is 7.07. The summed E-state index contributed by atoms with van der Waals surface area (Å²) in [4.78, 5) is 12.2. The average molecular weight is 414 g/mol. The van der Waals surface area contributed by atoms with Crippen LogP contribution in [0.25, 0.3) is 17.2 Å². The van der Waals surface area contributed by atoms with Gasteiger partial charge in [0.2, 0.25) is 0 Å². The summed E-state index contributed by atoms with van der Waals surface area (Å²) in [5, 5.41) is 12.0. The number of fused-ring (bicyclic) bond motifs is 3. The number of carbonyl (C=O) groups is 1. The predicted octanol–water partition coefficient (Wildman–Crippen LogP) is 5.16. The van der Waals surface area contributed by atoms with Crippen molar-refractivity contribution in [3.8, 4) is 11.1 Å². The Kier molecular flexibility index (Phi) is 6.80. The number of hydrogen-bond donors (Lipinski definition) is 2. The molecule has 0 radical (unpaired) electrons. The minimum atomic E-state index is -0.393. The van der Waals surface area contributed by atoms with Crippen LogP contribution in [0.4, 0.5) is 4.79 Å². The van der Waals surface area contributed by atoms with E-state index in [-0.39, 0.29) is 12.5 Å². The molecule has 0 atom stereocenters. The van der Waals surface area contributed by atoms with Crippen LogP contribution >= 0.6 is 0 Å². The second kappa shape index (κ2) is 10.1. The summed E-state index contributed by atoms with van der Waals surface area (Å²) in [6.07, 6.45) is 5.01. The predicted molar refractivity (Wildman–Crippen MR) is 124 cm³/mol. The SMILES string of the molecule is O=C(NCCC=Cc1ccccc1CCO)OCC1c2ccccc2-c2ccccc21. The largest absolute Gasteiger partial charge is 0.449 e. The molecule has 0 aromatic heterocycles. The normalized spacial score (nSPS) is 12.5. The minimum Gasteiger partial charge on any atom is -0.449 e. The number of hydrogen-bond acceptors (Lipinski definition) is 3. The summed E-state index contributed by atoms with van der Waals surface area (Å²) in [6.45, 7) is 0.966. The van der Waals surface area contributed by atoms with Crippen LogP contribution in [-0.2, 0) is 11.2 Å². The molecule has 0 saturated heterocycles. The van der Waals surface area contributed by atoms with E-state index in [0.29, 0.717) is 26.0 Å². The van der Waals surface area contributed by atoms with Crippen molar-refractivity contribution >= 4 is 12.2 Å². The van der Waals surface area contributed by atoms with Crippen molar-refractivity contribution in [2.75, 3.05) is 19.8 Å². The molecule has 158 valence electrons. The summed E-state index contributed by atoms with van der Waals surface area (Å²) >= 11 is 0. The number of carbonyl (C=O) groups excluding carboxylic acids is 1. The molecule has 31 heavy (non-hydrogen) atoms. The van der Waals surface area contributed by atoms with E-state index in [0.717, 1.165) is 11.1 Å². The van der Waals surface area contributed by atoms with Gasteiger partial charge in [0.15, 0.2) is 0 Å². The topological polar surface area (TPSA) is 58.6 Å². The van der Waals surface area contributed by atoms with Gasteiger partial charge in [-0.1, -0.05) is 84.9 Å². The number of aliphatic hydroxyl groups is 1. The number of ether oxygens (including phenoxy) is 1. The van der Waals surface area contributed by atoms with E-state index in [1.54, 1.807) is 0 Å². The smallest absolute Gasteiger partial charge is 0.407 e. The van der Waals surface area contributed by atoms with E-state index in [1.165, 1.54) is 22.3 Å². The lowest BCUT2D eigenvalue weighted by Gasteiger charge is -2.14. The van der Waals surface area contributed by atoms with Crippen LogP contribution in [0.15, 0.2) is 78.9 Å². The summed E-state index contributed by atoms with van der Waals surface area (Å²) in [6, 6.07) is 24.6. The number of amides is 1. The molecule has 0 fully saturated rings. The van der Waals surface area contributed by atoms with Crippen LogP contribution < -0.4 is 5.32 Å². The molecular formula is C27H27NO3. The maximum absolute atomic E-state index is 12.2. The molecule has 0 spiro atoms. The fraction of sp³-hybridized carbons (Fsp3) is 0.222. The Balaban J connectivity index is 1.27. The van der Waals surface area contributed by atoms with E-state index in [2.05, 4.69) is 29.6 Å². The van der Waals surface area contributed by atoms with Crippen molar-refractivity contribution in [3.63, 3.8) is 0 Å². The van der Waals surface area contributed by atoms with Gasteiger partial charge >= 0.3 is 6.09 Å². The number of aliphatic hydroxyl groups excluding tert-OH is 1. The second-order valence-electron chi connectivity index (χ2n) is 7.62. The molecule has 3 aromatic carbocycles. The molecular weight excluding hydrogens is 386 g/mol. The quantitative estimate of drug-likeness (QED) is 0.501. The Morgan fingerprint density at radius 2 is 1.58 bits per heavy atom. The lowest BCUT2D eigenvalue weighted by atomic mass is 9.98. The van der Waals surface area contributed by atoms with Gasteiger partial charge < -0.3 is 15.2 Å². The fourth-order valence-electron chi connectivity index (χ4n) is 4.16. The molecule has 0 saturated carbocycles. The zero-order valence-corrected chi connectivity index (χ0v) is 17.5. The van der Waals surface area contributed by atoms with E-state index < -0.39 is 6.09 Å². The van der Waals surface area contributed by atoms with Crippen LogP contribution in [0, 0.1) is 0 Å². The van der Waals surface area contributed by atoms with Gasteiger partial charge in [0, 0.05) is 19.1 Å².